The van der Waals surface area contributed by atoms with E-state index in [2.05, 4.69) is 41.9 Å². The van der Waals surface area contributed by atoms with E-state index in [0.29, 0.717) is 5.92 Å². The third-order valence-electron chi connectivity index (χ3n) is 3.19. The van der Waals surface area contributed by atoms with Crippen LogP contribution in [-0.2, 0) is 0 Å². The van der Waals surface area contributed by atoms with E-state index in [1.54, 1.807) is 6.92 Å². The van der Waals surface area contributed by atoms with Gasteiger partial charge in [0, 0.05) is 0 Å². The van der Waals surface area contributed by atoms with Gasteiger partial charge in [-0.25, -0.2) is 0 Å². The summed E-state index contributed by atoms with van der Waals surface area (Å²) in [6.45, 7) is 6.06. The highest BCUT2D eigenvalue weighted by molar-refractivity contribution is 9.10. The van der Waals surface area contributed by atoms with Crippen molar-refractivity contribution in [3.8, 4) is 11.5 Å². The number of aliphatic hydroxyl groups is 1. The zero-order valence-corrected chi connectivity index (χ0v) is 13.5. The molecule has 20 heavy (non-hydrogen) atoms. The highest BCUT2D eigenvalue weighted by Crippen LogP contribution is 2.32. The van der Waals surface area contributed by atoms with E-state index in [9.17, 15) is 5.11 Å². The van der Waals surface area contributed by atoms with Crippen LogP contribution >= 0.6 is 15.9 Å². The van der Waals surface area contributed by atoms with Crippen LogP contribution in [0, 0.1) is 0 Å². The van der Waals surface area contributed by atoms with E-state index in [0.717, 1.165) is 21.5 Å². The Morgan fingerprint density at radius 3 is 2.35 bits per heavy atom. The van der Waals surface area contributed by atoms with E-state index >= 15 is 0 Å². The molecule has 1 unspecified atom stereocenters. The molecular weight excluding hydrogens is 316 g/mol. The lowest BCUT2D eigenvalue weighted by Gasteiger charge is -2.12. The van der Waals surface area contributed by atoms with Crippen LogP contribution in [0.1, 0.15) is 43.9 Å². The van der Waals surface area contributed by atoms with E-state index in [1.807, 2.05) is 30.3 Å². The Kier molecular flexibility index (Phi) is 4.84. The molecule has 0 saturated heterocycles. The minimum absolute atomic E-state index is 0.472. The Hall–Kier alpha value is -1.32. The third kappa shape index (κ3) is 3.62. The summed E-state index contributed by atoms with van der Waals surface area (Å²) < 4.78 is 6.74. The Bertz CT molecular complexity index is 591. The van der Waals surface area contributed by atoms with Crippen molar-refractivity contribution >= 4 is 15.9 Å². The van der Waals surface area contributed by atoms with Crippen molar-refractivity contribution in [3.63, 3.8) is 0 Å². The number of rotatable bonds is 4. The summed E-state index contributed by atoms with van der Waals surface area (Å²) in [6.07, 6.45) is -0.482. The first kappa shape index (κ1) is 15.1. The second-order valence-electron chi connectivity index (χ2n) is 5.20. The van der Waals surface area contributed by atoms with Gasteiger partial charge in [0.1, 0.15) is 11.5 Å². The summed E-state index contributed by atoms with van der Waals surface area (Å²) in [4.78, 5) is 0. The van der Waals surface area contributed by atoms with Gasteiger partial charge in [0.15, 0.2) is 0 Å². The van der Waals surface area contributed by atoms with Crippen molar-refractivity contribution in [1.29, 1.82) is 0 Å². The Labute approximate surface area is 128 Å². The van der Waals surface area contributed by atoms with Crippen LogP contribution in [0.4, 0.5) is 0 Å². The van der Waals surface area contributed by atoms with Crippen LogP contribution in [0.2, 0.25) is 0 Å². The third-order valence-corrected chi connectivity index (χ3v) is 3.81. The molecular formula is C17H19BrO2. The lowest BCUT2D eigenvalue weighted by Crippen LogP contribution is -1.93. The fourth-order valence-corrected chi connectivity index (χ4v) is 2.40. The Morgan fingerprint density at radius 2 is 1.75 bits per heavy atom. The molecule has 0 amide bonds. The first-order valence-corrected chi connectivity index (χ1v) is 7.52. The van der Waals surface area contributed by atoms with Gasteiger partial charge in [0.2, 0.25) is 0 Å². The lowest BCUT2D eigenvalue weighted by molar-refractivity contribution is 0.199. The number of benzene rings is 2. The van der Waals surface area contributed by atoms with Crippen LogP contribution in [0.3, 0.4) is 0 Å². The van der Waals surface area contributed by atoms with E-state index < -0.39 is 6.10 Å². The second kappa shape index (κ2) is 6.42. The fourth-order valence-electron chi connectivity index (χ4n) is 1.92. The molecule has 2 aromatic carbocycles. The predicted octanol–water partition coefficient (Wildman–Crippen LogP) is 5.42. The molecule has 0 aliphatic carbocycles. The number of ether oxygens (including phenoxy) is 1. The lowest BCUT2D eigenvalue weighted by atomic mass is 10.0. The SMILES string of the molecule is CC(C)c1cccc(Oc2ccc(C(C)O)cc2Br)c1. The van der Waals surface area contributed by atoms with Gasteiger partial charge in [-0.2, -0.15) is 0 Å². The van der Waals surface area contributed by atoms with Crippen molar-refractivity contribution in [3.05, 3.63) is 58.1 Å². The zero-order chi connectivity index (χ0) is 14.7. The van der Waals surface area contributed by atoms with Gasteiger partial charge < -0.3 is 9.84 Å². The molecule has 0 fully saturated rings. The molecule has 106 valence electrons. The Balaban J connectivity index is 2.24. The summed E-state index contributed by atoms with van der Waals surface area (Å²) in [7, 11) is 0. The molecule has 0 spiro atoms. The molecule has 0 aliphatic rings. The van der Waals surface area contributed by atoms with Gasteiger partial charge in [-0.05, 0) is 64.2 Å². The standard InChI is InChI=1S/C17H19BrO2/c1-11(2)13-5-4-6-15(9-13)20-17-8-7-14(12(3)19)10-16(17)18/h4-12,19H,1-3H3. The summed E-state index contributed by atoms with van der Waals surface area (Å²) in [5.41, 5.74) is 2.11. The quantitative estimate of drug-likeness (QED) is 0.809. The maximum absolute atomic E-state index is 9.56. The highest BCUT2D eigenvalue weighted by Gasteiger charge is 2.08. The van der Waals surface area contributed by atoms with Gasteiger partial charge in [-0.3, -0.25) is 0 Å². The molecule has 1 atom stereocenters. The largest absolute Gasteiger partial charge is 0.456 e. The number of halogens is 1. The van der Waals surface area contributed by atoms with Crippen molar-refractivity contribution in [2.45, 2.75) is 32.8 Å². The molecule has 0 bridgehead atoms. The smallest absolute Gasteiger partial charge is 0.141 e. The van der Waals surface area contributed by atoms with Crippen molar-refractivity contribution in [2.75, 3.05) is 0 Å². The fraction of sp³-hybridized carbons (Fsp3) is 0.294. The molecule has 2 aromatic rings. The zero-order valence-electron chi connectivity index (χ0n) is 11.9. The molecule has 2 rings (SSSR count). The molecule has 1 N–H and O–H groups in total. The van der Waals surface area contributed by atoms with E-state index in [4.69, 9.17) is 4.74 Å². The molecule has 0 aromatic heterocycles. The second-order valence-corrected chi connectivity index (χ2v) is 6.05. The molecule has 2 nitrogen and oxygen atoms in total. The van der Waals surface area contributed by atoms with Crippen LogP contribution in [0.15, 0.2) is 46.9 Å². The molecule has 0 radical (unpaired) electrons. The highest BCUT2D eigenvalue weighted by atomic mass is 79.9. The normalized spacial score (nSPS) is 12.5. The average Bonchev–Trinajstić information content (AvgIpc) is 2.41. The molecule has 3 heteroatoms. The van der Waals surface area contributed by atoms with Crippen LogP contribution in [0.25, 0.3) is 0 Å². The van der Waals surface area contributed by atoms with Crippen molar-refractivity contribution < 1.29 is 9.84 Å². The molecule has 0 saturated carbocycles. The predicted molar refractivity (Wildman–Crippen MR) is 85.4 cm³/mol. The minimum atomic E-state index is -0.482. The van der Waals surface area contributed by atoms with Gasteiger partial charge >= 0.3 is 0 Å². The van der Waals surface area contributed by atoms with Gasteiger partial charge in [-0.1, -0.05) is 32.0 Å². The van der Waals surface area contributed by atoms with Gasteiger partial charge in [0.05, 0.1) is 10.6 Å². The summed E-state index contributed by atoms with van der Waals surface area (Å²) >= 11 is 3.48. The topological polar surface area (TPSA) is 29.5 Å². The summed E-state index contributed by atoms with van der Waals surface area (Å²) in [5.74, 6) is 2.04. The van der Waals surface area contributed by atoms with Crippen LogP contribution < -0.4 is 4.74 Å². The average molecular weight is 335 g/mol. The molecule has 0 aliphatic heterocycles. The number of hydrogen-bond acceptors (Lipinski definition) is 2. The van der Waals surface area contributed by atoms with Gasteiger partial charge in [-0.15, -0.1) is 0 Å². The van der Waals surface area contributed by atoms with E-state index in [-0.39, 0.29) is 0 Å². The van der Waals surface area contributed by atoms with Crippen molar-refractivity contribution in [2.24, 2.45) is 0 Å². The van der Waals surface area contributed by atoms with Crippen molar-refractivity contribution in [1.82, 2.24) is 0 Å². The Morgan fingerprint density at radius 1 is 1.00 bits per heavy atom. The summed E-state index contributed by atoms with van der Waals surface area (Å²) in [5, 5.41) is 9.56. The van der Waals surface area contributed by atoms with Crippen LogP contribution in [0.5, 0.6) is 11.5 Å². The van der Waals surface area contributed by atoms with Crippen LogP contribution in [-0.4, -0.2) is 5.11 Å². The molecule has 0 heterocycles. The first-order chi connectivity index (χ1) is 9.47. The van der Waals surface area contributed by atoms with E-state index in [1.165, 1.54) is 5.56 Å². The maximum atomic E-state index is 9.56. The maximum Gasteiger partial charge on any atom is 0.141 e. The van der Waals surface area contributed by atoms with Gasteiger partial charge in [0.25, 0.3) is 0 Å². The minimum Gasteiger partial charge on any atom is -0.456 e. The monoisotopic (exact) mass is 334 g/mol. The summed E-state index contributed by atoms with van der Waals surface area (Å²) in [6, 6.07) is 13.7. The first-order valence-electron chi connectivity index (χ1n) is 6.72. The number of aliphatic hydroxyl groups excluding tert-OH is 1. The number of hydrogen-bond donors (Lipinski definition) is 1.